The third kappa shape index (κ3) is 2.71. The molecule has 0 saturated carbocycles. The summed E-state index contributed by atoms with van der Waals surface area (Å²) in [7, 11) is 0. The second kappa shape index (κ2) is 6.12. The molecule has 2 rings (SSSR count). The van der Waals surface area contributed by atoms with E-state index in [9.17, 15) is 9.59 Å². The van der Waals surface area contributed by atoms with Gasteiger partial charge in [-0.15, -0.1) is 6.58 Å². The van der Waals surface area contributed by atoms with Gasteiger partial charge in [-0.25, -0.2) is 0 Å². The number of carbonyl (C=O) groups excluding carboxylic acids is 2. The molecular formula is C17H22N2O2. The number of hydrogen-bond acceptors (Lipinski definition) is 2. The molecule has 4 nitrogen and oxygen atoms in total. The molecule has 1 aromatic carbocycles. The van der Waals surface area contributed by atoms with Gasteiger partial charge in [0.05, 0.1) is 0 Å². The van der Waals surface area contributed by atoms with Crippen molar-refractivity contribution in [2.24, 2.45) is 0 Å². The maximum atomic E-state index is 12.9. The van der Waals surface area contributed by atoms with Gasteiger partial charge in [-0.1, -0.05) is 49.8 Å². The summed E-state index contributed by atoms with van der Waals surface area (Å²) < 4.78 is 0. The minimum Gasteiger partial charge on any atom is -0.336 e. The number of carbonyl (C=O) groups is 2. The molecule has 0 aliphatic carbocycles. The monoisotopic (exact) mass is 286 g/mol. The zero-order valence-corrected chi connectivity index (χ0v) is 12.6. The van der Waals surface area contributed by atoms with Crippen LogP contribution in [0.15, 0.2) is 43.0 Å². The molecule has 1 fully saturated rings. The van der Waals surface area contributed by atoms with E-state index in [-0.39, 0.29) is 11.8 Å². The fourth-order valence-corrected chi connectivity index (χ4v) is 2.83. The maximum Gasteiger partial charge on any atom is 0.253 e. The molecule has 2 amide bonds. The third-order valence-corrected chi connectivity index (χ3v) is 3.98. The quantitative estimate of drug-likeness (QED) is 0.844. The summed E-state index contributed by atoms with van der Waals surface area (Å²) in [4.78, 5) is 27.0. The van der Waals surface area contributed by atoms with Crippen LogP contribution < -0.4 is 5.32 Å². The predicted molar refractivity (Wildman–Crippen MR) is 82.5 cm³/mol. The van der Waals surface area contributed by atoms with E-state index in [1.807, 2.05) is 37.3 Å². The summed E-state index contributed by atoms with van der Waals surface area (Å²) in [6.45, 7) is 7.87. The minimum atomic E-state index is -1.01. The molecule has 2 atom stereocenters. The number of rotatable bonds is 5. The van der Waals surface area contributed by atoms with Gasteiger partial charge in [-0.3, -0.25) is 9.59 Å². The van der Waals surface area contributed by atoms with Gasteiger partial charge < -0.3 is 10.2 Å². The van der Waals surface area contributed by atoms with Gasteiger partial charge in [0.15, 0.2) is 0 Å². The first-order valence-corrected chi connectivity index (χ1v) is 7.34. The fourth-order valence-electron chi connectivity index (χ4n) is 2.83. The Kier molecular flexibility index (Phi) is 4.46. The summed E-state index contributed by atoms with van der Waals surface area (Å²) >= 11 is 0. The van der Waals surface area contributed by atoms with Crippen molar-refractivity contribution in [3.63, 3.8) is 0 Å². The lowest BCUT2D eigenvalue weighted by molar-refractivity contribution is -0.154. The van der Waals surface area contributed by atoms with Crippen LogP contribution in [0.25, 0.3) is 0 Å². The van der Waals surface area contributed by atoms with Crippen molar-refractivity contribution in [3.8, 4) is 0 Å². The topological polar surface area (TPSA) is 49.4 Å². The van der Waals surface area contributed by atoms with Crippen LogP contribution in [0.4, 0.5) is 0 Å². The lowest BCUT2D eigenvalue weighted by Crippen LogP contribution is -2.67. The number of benzene rings is 1. The van der Waals surface area contributed by atoms with Crippen molar-refractivity contribution in [1.29, 1.82) is 0 Å². The first kappa shape index (κ1) is 15.3. The molecule has 2 unspecified atom stereocenters. The zero-order chi connectivity index (χ0) is 15.5. The van der Waals surface area contributed by atoms with Crippen molar-refractivity contribution >= 4 is 11.8 Å². The average molecular weight is 286 g/mol. The van der Waals surface area contributed by atoms with E-state index in [1.54, 1.807) is 17.9 Å². The SMILES string of the molecule is C=CCN1C(=O)C(C)(c2ccccc2)NC(=O)C1CCC. The Morgan fingerprint density at radius 3 is 2.57 bits per heavy atom. The standard InChI is InChI=1S/C17H22N2O2/c1-4-9-14-15(20)18-17(3,13-10-7-6-8-11-13)16(21)19(14)12-5-2/h5-8,10-11,14H,2,4,9,12H2,1,3H3,(H,18,20). The van der Waals surface area contributed by atoms with Gasteiger partial charge in [0.1, 0.15) is 11.6 Å². The largest absolute Gasteiger partial charge is 0.336 e. The van der Waals surface area contributed by atoms with Crippen LogP contribution >= 0.6 is 0 Å². The number of amides is 2. The Bertz CT molecular complexity index is 541. The molecule has 112 valence electrons. The number of hydrogen-bond donors (Lipinski definition) is 1. The fraction of sp³-hybridized carbons (Fsp3) is 0.412. The van der Waals surface area contributed by atoms with E-state index in [1.165, 1.54) is 0 Å². The Morgan fingerprint density at radius 2 is 2.00 bits per heavy atom. The van der Waals surface area contributed by atoms with Crippen LogP contribution in [-0.2, 0) is 15.1 Å². The minimum absolute atomic E-state index is 0.0772. The second-order valence-electron chi connectivity index (χ2n) is 5.53. The van der Waals surface area contributed by atoms with Gasteiger partial charge in [-0.2, -0.15) is 0 Å². The summed E-state index contributed by atoms with van der Waals surface area (Å²) in [5.74, 6) is -0.170. The van der Waals surface area contributed by atoms with Crippen LogP contribution in [0.2, 0.25) is 0 Å². The lowest BCUT2D eigenvalue weighted by atomic mass is 9.86. The van der Waals surface area contributed by atoms with E-state index in [0.717, 1.165) is 12.0 Å². The van der Waals surface area contributed by atoms with Crippen molar-refractivity contribution in [1.82, 2.24) is 10.2 Å². The predicted octanol–water partition coefficient (Wildman–Crippen LogP) is 2.21. The highest BCUT2D eigenvalue weighted by Gasteiger charge is 2.48. The summed E-state index contributed by atoms with van der Waals surface area (Å²) in [6, 6.07) is 8.96. The highest BCUT2D eigenvalue weighted by molar-refractivity contribution is 6.00. The molecule has 0 radical (unpaired) electrons. The Labute approximate surface area is 125 Å². The van der Waals surface area contributed by atoms with E-state index >= 15 is 0 Å². The third-order valence-electron chi connectivity index (χ3n) is 3.98. The van der Waals surface area contributed by atoms with Gasteiger partial charge in [0, 0.05) is 6.54 Å². The van der Waals surface area contributed by atoms with Gasteiger partial charge in [0.25, 0.3) is 5.91 Å². The number of nitrogens with one attached hydrogen (secondary N) is 1. The van der Waals surface area contributed by atoms with Crippen LogP contribution in [0.1, 0.15) is 32.3 Å². The number of nitrogens with zero attached hydrogens (tertiary/aromatic N) is 1. The summed E-state index contributed by atoms with van der Waals surface area (Å²) in [5, 5.41) is 2.92. The molecule has 1 aromatic rings. The summed E-state index contributed by atoms with van der Waals surface area (Å²) in [5.41, 5.74) is -0.210. The molecule has 4 heteroatoms. The van der Waals surface area contributed by atoms with E-state index in [2.05, 4.69) is 11.9 Å². The van der Waals surface area contributed by atoms with Gasteiger partial charge in [0.2, 0.25) is 5.91 Å². The summed E-state index contributed by atoms with van der Waals surface area (Å²) in [6.07, 6.45) is 3.18. The van der Waals surface area contributed by atoms with Crippen molar-refractivity contribution < 1.29 is 9.59 Å². The Morgan fingerprint density at radius 1 is 1.33 bits per heavy atom. The molecule has 1 heterocycles. The first-order valence-electron chi connectivity index (χ1n) is 7.34. The molecule has 0 bridgehead atoms. The molecule has 1 saturated heterocycles. The van der Waals surface area contributed by atoms with Crippen molar-refractivity contribution in [3.05, 3.63) is 48.6 Å². The van der Waals surface area contributed by atoms with Crippen LogP contribution in [0, 0.1) is 0 Å². The van der Waals surface area contributed by atoms with E-state index in [4.69, 9.17) is 0 Å². The van der Waals surface area contributed by atoms with Crippen LogP contribution in [-0.4, -0.2) is 29.3 Å². The van der Waals surface area contributed by atoms with Gasteiger partial charge in [-0.05, 0) is 18.9 Å². The lowest BCUT2D eigenvalue weighted by Gasteiger charge is -2.44. The molecule has 0 spiro atoms. The Hall–Kier alpha value is -2.10. The normalized spacial score (nSPS) is 25.6. The van der Waals surface area contributed by atoms with Gasteiger partial charge >= 0.3 is 0 Å². The van der Waals surface area contributed by atoms with Crippen LogP contribution in [0.3, 0.4) is 0 Å². The molecule has 1 aliphatic heterocycles. The average Bonchev–Trinajstić information content (AvgIpc) is 2.49. The van der Waals surface area contributed by atoms with Crippen molar-refractivity contribution in [2.75, 3.05) is 6.54 Å². The van der Waals surface area contributed by atoms with E-state index in [0.29, 0.717) is 13.0 Å². The highest BCUT2D eigenvalue weighted by atomic mass is 16.2. The Balaban J connectivity index is 2.40. The van der Waals surface area contributed by atoms with Crippen LogP contribution in [0.5, 0.6) is 0 Å². The molecule has 21 heavy (non-hydrogen) atoms. The molecular weight excluding hydrogens is 264 g/mol. The first-order chi connectivity index (χ1) is 10.0. The highest BCUT2D eigenvalue weighted by Crippen LogP contribution is 2.29. The maximum absolute atomic E-state index is 12.9. The van der Waals surface area contributed by atoms with E-state index < -0.39 is 11.6 Å². The molecule has 1 aliphatic rings. The number of piperazine rings is 1. The second-order valence-corrected chi connectivity index (χ2v) is 5.53. The van der Waals surface area contributed by atoms with Crippen molar-refractivity contribution in [2.45, 2.75) is 38.3 Å². The molecule has 1 N–H and O–H groups in total. The zero-order valence-electron chi connectivity index (χ0n) is 12.6. The smallest absolute Gasteiger partial charge is 0.253 e. The molecule has 0 aromatic heterocycles.